The number of sulfone groups is 1. The molecular weight excluding hydrogens is 453 g/mol. The monoisotopic (exact) mass is 471 g/mol. The summed E-state index contributed by atoms with van der Waals surface area (Å²) in [6.45, 7) is 0. The molecule has 2 aromatic carbocycles. The molecule has 3 rings (SSSR count). The van der Waals surface area contributed by atoms with Gasteiger partial charge in [-0.1, -0.05) is 47.5 Å². The number of hydrogen-bond acceptors (Lipinski definition) is 7. The van der Waals surface area contributed by atoms with Gasteiger partial charge in [0.25, 0.3) is 0 Å². The van der Waals surface area contributed by atoms with Crippen LogP contribution in [0.15, 0.2) is 48.5 Å². The van der Waals surface area contributed by atoms with Gasteiger partial charge in [0.1, 0.15) is 0 Å². The maximum Gasteiger partial charge on any atom is 0.326 e. The van der Waals surface area contributed by atoms with Gasteiger partial charge in [-0.25, -0.2) is 8.42 Å². The van der Waals surface area contributed by atoms with Crippen LogP contribution in [0, 0.1) is 0 Å². The van der Waals surface area contributed by atoms with Crippen molar-refractivity contribution in [3.8, 4) is 0 Å². The Kier molecular flexibility index (Phi) is 6.71. The first kappa shape index (κ1) is 22.6. The van der Waals surface area contributed by atoms with Crippen molar-refractivity contribution in [2.75, 3.05) is 14.2 Å². The first-order valence-corrected chi connectivity index (χ1v) is 11.2. The van der Waals surface area contributed by atoms with E-state index in [0.29, 0.717) is 21.2 Å². The first-order chi connectivity index (χ1) is 14.2. The third-order valence-electron chi connectivity index (χ3n) is 5.00. The zero-order valence-corrected chi connectivity index (χ0v) is 18.4. The van der Waals surface area contributed by atoms with Gasteiger partial charge >= 0.3 is 11.9 Å². The van der Waals surface area contributed by atoms with E-state index in [-0.39, 0.29) is 0 Å². The highest BCUT2D eigenvalue weighted by atomic mass is 35.5. The maximum absolute atomic E-state index is 13.5. The Morgan fingerprint density at radius 2 is 1.10 bits per heavy atom. The topological polar surface area (TPSA) is 98.8 Å². The molecule has 10 heteroatoms. The van der Waals surface area contributed by atoms with Crippen molar-refractivity contribution < 1.29 is 27.5 Å². The molecule has 1 aliphatic heterocycles. The standard InChI is InChI=1S/C20H19Cl2NO6S/c1-28-19(24)17-15(11-3-7-13(21)8-4-11)23-16(12-5-9-14(22)10-6-12)18(20(25)29-2)30(17,26)27/h3-10,15-18,23H,1-2H3/t15-,16-,17-,18-/m1/s1. The summed E-state index contributed by atoms with van der Waals surface area (Å²) < 4.78 is 36.6. The molecule has 7 nitrogen and oxygen atoms in total. The number of esters is 2. The Hall–Kier alpha value is -2.13. The summed E-state index contributed by atoms with van der Waals surface area (Å²) in [5.41, 5.74) is 1.00. The van der Waals surface area contributed by atoms with Crippen LogP contribution in [0.3, 0.4) is 0 Å². The van der Waals surface area contributed by atoms with Crippen molar-refractivity contribution in [3.63, 3.8) is 0 Å². The number of ether oxygens (including phenoxy) is 2. The van der Waals surface area contributed by atoms with Gasteiger partial charge < -0.3 is 9.47 Å². The lowest BCUT2D eigenvalue weighted by Crippen LogP contribution is -2.59. The predicted octanol–water partition coefficient (Wildman–Crippen LogP) is 2.88. The second kappa shape index (κ2) is 8.93. The minimum absolute atomic E-state index is 0.453. The van der Waals surface area contributed by atoms with Gasteiger partial charge in [-0.2, -0.15) is 0 Å². The second-order valence-corrected chi connectivity index (χ2v) is 9.77. The Labute approximate surface area is 184 Å². The summed E-state index contributed by atoms with van der Waals surface area (Å²) in [5, 5.41) is 0.737. The molecule has 30 heavy (non-hydrogen) atoms. The number of rotatable bonds is 4. The van der Waals surface area contributed by atoms with Gasteiger partial charge in [-0.05, 0) is 35.4 Å². The largest absolute Gasteiger partial charge is 0.468 e. The van der Waals surface area contributed by atoms with Crippen LogP contribution in [0.1, 0.15) is 23.2 Å². The predicted molar refractivity (Wildman–Crippen MR) is 112 cm³/mol. The molecule has 0 amide bonds. The van der Waals surface area contributed by atoms with Crippen LogP contribution < -0.4 is 5.32 Å². The van der Waals surface area contributed by atoms with Crippen LogP contribution >= 0.6 is 23.2 Å². The molecule has 0 aliphatic carbocycles. The number of carbonyl (C=O) groups excluding carboxylic acids is 2. The van der Waals surface area contributed by atoms with Crippen LogP contribution in [0.2, 0.25) is 10.0 Å². The van der Waals surface area contributed by atoms with E-state index in [1.165, 1.54) is 0 Å². The molecule has 4 atom stereocenters. The quantitative estimate of drug-likeness (QED) is 0.684. The van der Waals surface area contributed by atoms with E-state index in [4.69, 9.17) is 32.7 Å². The molecule has 1 N–H and O–H groups in total. The first-order valence-electron chi connectivity index (χ1n) is 8.86. The molecule has 0 radical (unpaired) electrons. The molecule has 1 heterocycles. The van der Waals surface area contributed by atoms with Gasteiger partial charge in [-0.3, -0.25) is 14.9 Å². The zero-order chi connectivity index (χ0) is 22.1. The summed E-state index contributed by atoms with van der Waals surface area (Å²) in [4.78, 5) is 25.1. The molecule has 1 saturated heterocycles. The Bertz CT molecular complexity index is 962. The average molecular weight is 472 g/mol. The average Bonchev–Trinajstić information content (AvgIpc) is 2.72. The van der Waals surface area contributed by atoms with Crippen molar-refractivity contribution in [1.82, 2.24) is 5.32 Å². The lowest BCUT2D eigenvalue weighted by molar-refractivity contribution is -0.142. The molecule has 1 fully saturated rings. The molecule has 2 aromatic rings. The number of benzene rings is 2. The number of halogens is 2. The van der Waals surface area contributed by atoms with E-state index in [2.05, 4.69) is 5.32 Å². The van der Waals surface area contributed by atoms with Crippen molar-refractivity contribution in [2.45, 2.75) is 22.6 Å². The highest BCUT2D eigenvalue weighted by Gasteiger charge is 2.56. The molecule has 0 aromatic heterocycles. The molecule has 0 saturated carbocycles. The third kappa shape index (κ3) is 4.18. The molecule has 1 aliphatic rings. The van der Waals surface area contributed by atoms with E-state index in [9.17, 15) is 18.0 Å². The van der Waals surface area contributed by atoms with Gasteiger partial charge in [-0.15, -0.1) is 0 Å². The van der Waals surface area contributed by atoms with E-state index in [0.717, 1.165) is 14.2 Å². The van der Waals surface area contributed by atoms with Crippen LogP contribution in [-0.2, 0) is 28.9 Å². The minimum Gasteiger partial charge on any atom is -0.468 e. The summed E-state index contributed by atoms with van der Waals surface area (Å²) >= 11 is 11.9. The fourth-order valence-corrected chi connectivity index (χ4v) is 6.09. The van der Waals surface area contributed by atoms with Crippen LogP contribution in [0.25, 0.3) is 0 Å². The SMILES string of the molecule is COC(=O)[C@H]1[C@@H](c2ccc(Cl)cc2)N[C@H](c2ccc(Cl)cc2)[C@H](C(=O)OC)S1(=O)=O. The fourth-order valence-electron chi connectivity index (χ4n) is 3.56. The highest BCUT2D eigenvalue weighted by Crippen LogP contribution is 2.39. The third-order valence-corrected chi connectivity index (χ3v) is 7.85. The number of carbonyl (C=O) groups is 2. The van der Waals surface area contributed by atoms with Crippen molar-refractivity contribution in [3.05, 3.63) is 69.7 Å². The second-order valence-electron chi connectivity index (χ2n) is 6.70. The van der Waals surface area contributed by atoms with Gasteiger partial charge in [0, 0.05) is 10.0 Å². The van der Waals surface area contributed by atoms with Gasteiger partial charge in [0.15, 0.2) is 20.3 Å². The lowest BCUT2D eigenvalue weighted by Gasteiger charge is -2.40. The minimum atomic E-state index is -4.38. The van der Waals surface area contributed by atoms with E-state index >= 15 is 0 Å². The normalized spacial score (nSPS) is 25.3. The highest BCUT2D eigenvalue weighted by molar-refractivity contribution is 7.94. The summed E-state index contributed by atoms with van der Waals surface area (Å²) in [7, 11) is -2.19. The van der Waals surface area contributed by atoms with Gasteiger partial charge in [0.05, 0.1) is 26.3 Å². The van der Waals surface area contributed by atoms with Crippen LogP contribution in [0.5, 0.6) is 0 Å². The van der Waals surface area contributed by atoms with Gasteiger partial charge in [0.2, 0.25) is 0 Å². The summed E-state index contributed by atoms with van der Waals surface area (Å²) in [6.07, 6.45) is 0. The van der Waals surface area contributed by atoms with Crippen LogP contribution in [-0.4, -0.2) is 45.1 Å². The smallest absolute Gasteiger partial charge is 0.326 e. The maximum atomic E-state index is 13.5. The Balaban J connectivity index is 2.20. The fraction of sp³-hybridized carbons (Fsp3) is 0.300. The van der Waals surface area contributed by atoms with Crippen LogP contribution in [0.4, 0.5) is 0 Å². The van der Waals surface area contributed by atoms with E-state index < -0.39 is 44.4 Å². The summed E-state index contributed by atoms with van der Waals surface area (Å²) in [5.74, 6) is -1.96. The number of methoxy groups -OCH3 is 2. The lowest BCUT2D eigenvalue weighted by atomic mass is 9.96. The zero-order valence-electron chi connectivity index (χ0n) is 16.0. The summed E-state index contributed by atoms with van der Waals surface area (Å²) in [6, 6.07) is 10.8. The number of nitrogens with one attached hydrogen (secondary N) is 1. The van der Waals surface area contributed by atoms with Crippen molar-refractivity contribution >= 4 is 45.0 Å². The Morgan fingerprint density at radius 1 is 0.767 bits per heavy atom. The van der Waals surface area contributed by atoms with Crippen molar-refractivity contribution in [2.24, 2.45) is 0 Å². The van der Waals surface area contributed by atoms with E-state index in [1.54, 1.807) is 48.5 Å². The molecular formula is C20H19Cl2NO6S. The number of hydrogen-bond donors (Lipinski definition) is 1. The Morgan fingerprint density at radius 3 is 1.40 bits per heavy atom. The molecule has 160 valence electrons. The van der Waals surface area contributed by atoms with E-state index in [1.807, 2.05) is 0 Å². The molecule has 0 unspecified atom stereocenters. The molecule has 0 bridgehead atoms. The molecule has 0 spiro atoms. The van der Waals surface area contributed by atoms with Crippen molar-refractivity contribution in [1.29, 1.82) is 0 Å².